The normalized spacial score (nSPS) is 27.2. The third-order valence-electron chi connectivity index (χ3n) is 4.16. The number of piperidine rings is 1. The number of benzene rings is 1. The Morgan fingerprint density at radius 2 is 2.11 bits per heavy atom. The minimum atomic E-state index is -0.220. The summed E-state index contributed by atoms with van der Waals surface area (Å²) in [5.41, 5.74) is 0. The van der Waals surface area contributed by atoms with Crippen LogP contribution in [0.25, 0.3) is 0 Å². The molecule has 2 saturated heterocycles. The molecule has 2 heterocycles. The van der Waals surface area contributed by atoms with E-state index < -0.39 is 0 Å². The zero-order valence-corrected chi connectivity index (χ0v) is 11.1. The highest BCUT2D eigenvalue weighted by atomic mass is 19.1. The Labute approximate surface area is 113 Å². The molecule has 2 atom stereocenters. The summed E-state index contributed by atoms with van der Waals surface area (Å²) in [4.78, 5) is 2.47. The molecule has 3 nitrogen and oxygen atoms in total. The summed E-state index contributed by atoms with van der Waals surface area (Å²) in [6, 6.07) is 6.91. The summed E-state index contributed by atoms with van der Waals surface area (Å²) in [5.74, 6) is 1.35. The summed E-state index contributed by atoms with van der Waals surface area (Å²) < 4.78 is 18.4. The van der Waals surface area contributed by atoms with E-state index in [2.05, 4.69) is 10.2 Å². The van der Waals surface area contributed by atoms with Crippen LogP contribution in [-0.4, -0.2) is 43.7 Å². The molecule has 0 aliphatic carbocycles. The number of fused-ring (bicyclic) bond motifs is 1. The third kappa shape index (κ3) is 3.25. The first-order valence-corrected chi connectivity index (χ1v) is 7.15. The van der Waals surface area contributed by atoms with Gasteiger partial charge in [-0.25, -0.2) is 4.39 Å². The average Bonchev–Trinajstić information content (AvgIpc) is 2.83. The van der Waals surface area contributed by atoms with Crippen LogP contribution >= 0.6 is 0 Å². The summed E-state index contributed by atoms with van der Waals surface area (Å²) in [6.07, 6.45) is 2.66. The van der Waals surface area contributed by atoms with E-state index in [4.69, 9.17) is 4.74 Å². The first-order chi connectivity index (χ1) is 9.31. The molecule has 2 unspecified atom stereocenters. The van der Waals surface area contributed by atoms with Crippen molar-refractivity contribution in [2.24, 2.45) is 5.92 Å². The quantitative estimate of drug-likeness (QED) is 0.899. The molecular weight excluding hydrogens is 243 g/mol. The number of hydrogen-bond acceptors (Lipinski definition) is 3. The Balaban J connectivity index is 1.42. The van der Waals surface area contributed by atoms with Gasteiger partial charge in [-0.1, -0.05) is 0 Å². The topological polar surface area (TPSA) is 24.5 Å². The van der Waals surface area contributed by atoms with Crippen molar-refractivity contribution in [1.82, 2.24) is 10.2 Å². The van der Waals surface area contributed by atoms with E-state index in [0.717, 1.165) is 24.8 Å². The molecule has 0 spiro atoms. The number of hydrogen-bond donors (Lipinski definition) is 1. The fourth-order valence-electron chi connectivity index (χ4n) is 3.14. The molecule has 1 aromatic rings. The Morgan fingerprint density at radius 3 is 2.89 bits per heavy atom. The van der Waals surface area contributed by atoms with E-state index in [1.807, 2.05) is 0 Å². The van der Waals surface area contributed by atoms with Crippen LogP contribution in [0, 0.1) is 11.7 Å². The minimum absolute atomic E-state index is 0.220. The Kier molecular flexibility index (Phi) is 3.99. The average molecular weight is 264 g/mol. The van der Waals surface area contributed by atoms with Gasteiger partial charge in [-0.15, -0.1) is 0 Å². The standard InChI is InChI=1S/C15H21FN2O/c16-13-3-5-14(6-4-13)19-9-8-18-10-12-2-1-7-17-15(12)11-18/h3-6,12,15,17H,1-2,7-11H2. The van der Waals surface area contributed by atoms with E-state index >= 15 is 0 Å². The van der Waals surface area contributed by atoms with Crippen molar-refractivity contribution in [2.45, 2.75) is 18.9 Å². The number of ether oxygens (including phenoxy) is 1. The lowest BCUT2D eigenvalue weighted by Crippen LogP contribution is -2.40. The van der Waals surface area contributed by atoms with Gasteiger partial charge in [0.1, 0.15) is 18.2 Å². The van der Waals surface area contributed by atoms with Crippen LogP contribution in [0.2, 0.25) is 0 Å². The maximum Gasteiger partial charge on any atom is 0.123 e. The highest BCUT2D eigenvalue weighted by molar-refractivity contribution is 5.21. The molecule has 1 N–H and O–H groups in total. The van der Waals surface area contributed by atoms with Gasteiger partial charge in [0, 0.05) is 25.7 Å². The van der Waals surface area contributed by atoms with Gasteiger partial charge in [-0.3, -0.25) is 4.90 Å². The van der Waals surface area contributed by atoms with Crippen LogP contribution < -0.4 is 10.1 Å². The molecule has 0 radical (unpaired) electrons. The fraction of sp³-hybridized carbons (Fsp3) is 0.600. The second-order valence-electron chi connectivity index (χ2n) is 5.52. The SMILES string of the molecule is Fc1ccc(OCCN2CC3CCCNC3C2)cc1. The Hall–Kier alpha value is -1.13. The van der Waals surface area contributed by atoms with E-state index in [1.165, 1.54) is 38.1 Å². The number of nitrogens with zero attached hydrogens (tertiary/aromatic N) is 1. The Bertz CT molecular complexity index is 395. The maximum absolute atomic E-state index is 12.8. The molecule has 0 aromatic heterocycles. The summed E-state index contributed by atoms with van der Waals surface area (Å²) in [7, 11) is 0. The van der Waals surface area contributed by atoms with E-state index in [-0.39, 0.29) is 5.82 Å². The van der Waals surface area contributed by atoms with Crippen LogP contribution in [0.3, 0.4) is 0 Å². The van der Waals surface area contributed by atoms with Crippen molar-refractivity contribution in [3.05, 3.63) is 30.1 Å². The molecule has 2 aliphatic heterocycles. The predicted molar refractivity (Wildman–Crippen MR) is 72.8 cm³/mol. The minimum Gasteiger partial charge on any atom is -0.492 e. The zero-order chi connectivity index (χ0) is 13.1. The van der Waals surface area contributed by atoms with E-state index in [1.54, 1.807) is 12.1 Å². The lowest BCUT2D eigenvalue weighted by atomic mass is 9.94. The molecule has 0 saturated carbocycles. The summed E-state index contributed by atoms with van der Waals surface area (Å²) in [6.45, 7) is 5.11. The smallest absolute Gasteiger partial charge is 0.123 e. The van der Waals surface area contributed by atoms with Gasteiger partial charge < -0.3 is 10.1 Å². The molecular formula is C15H21FN2O. The third-order valence-corrected chi connectivity index (χ3v) is 4.16. The largest absolute Gasteiger partial charge is 0.492 e. The molecule has 3 rings (SSSR count). The zero-order valence-electron chi connectivity index (χ0n) is 11.1. The van der Waals surface area contributed by atoms with Crippen LogP contribution in [0.1, 0.15) is 12.8 Å². The Morgan fingerprint density at radius 1 is 1.26 bits per heavy atom. The second-order valence-corrected chi connectivity index (χ2v) is 5.52. The highest BCUT2D eigenvalue weighted by Crippen LogP contribution is 2.24. The van der Waals surface area contributed by atoms with Crippen molar-refractivity contribution in [3.8, 4) is 5.75 Å². The van der Waals surface area contributed by atoms with Gasteiger partial charge in [0.05, 0.1) is 0 Å². The molecule has 104 valence electrons. The number of likely N-dealkylation sites (tertiary alicyclic amines) is 1. The van der Waals surface area contributed by atoms with Crippen LogP contribution in [0.4, 0.5) is 4.39 Å². The van der Waals surface area contributed by atoms with Gasteiger partial charge in [0.2, 0.25) is 0 Å². The van der Waals surface area contributed by atoms with Crippen molar-refractivity contribution < 1.29 is 9.13 Å². The molecule has 19 heavy (non-hydrogen) atoms. The summed E-state index contributed by atoms with van der Waals surface area (Å²) >= 11 is 0. The molecule has 2 fully saturated rings. The monoisotopic (exact) mass is 264 g/mol. The lowest BCUT2D eigenvalue weighted by molar-refractivity contribution is 0.231. The number of halogens is 1. The summed E-state index contributed by atoms with van der Waals surface area (Å²) in [5, 5.41) is 3.60. The van der Waals surface area contributed by atoms with Gasteiger partial charge in [0.15, 0.2) is 0 Å². The fourth-order valence-corrected chi connectivity index (χ4v) is 3.14. The van der Waals surface area contributed by atoms with Crippen LogP contribution in [0.5, 0.6) is 5.75 Å². The number of rotatable bonds is 4. The van der Waals surface area contributed by atoms with Crippen molar-refractivity contribution in [2.75, 3.05) is 32.8 Å². The molecule has 0 amide bonds. The van der Waals surface area contributed by atoms with E-state index in [9.17, 15) is 4.39 Å². The molecule has 4 heteroatoms. The van der Waals surface area contributed by atoms with Gasteiger partial charge in [-0.2, -0.15) is 0 Å². The number of nitrogens with one attached hydrogen (secondary N) is 1. The lowest BCUT2D eigenvalue weighted by Gasteiger charge is -2.24. The molecule has 0 bridgehead atoms. The van der Waals surface area contributed by atoms with Crippen molar-refractivity contribution in [1.29, 1.82) is 0 Å². The van der Waals surface area contributed by atoms with Crippen molar-refractivity contribution >= 4 is 0 Å². The first-order valence-electron chi connectivity index (χ1n) is 7.15. The highest BCUT2D eigenvalue weighted by Gasteiger charge is 2.33. The second kappa shape index (κ2) is 5.88. The van der Waals surface area contributed by atoms with Gasteiger partial charge in [0.25, 0.3) is 0 Å². The molecule has 2 aliphatic rings. The van der Waals surface area contributed by atoms with Gasteiger partial charge >= 0.3 is 0 Å². The predicted octanol–water partition coefficient (Wildman–Crippen LogP) is 1.89. The van der Waals surface area contributed by atoms with E-state index in [0.29, 0.717) is 12.6 Å². The maximum atomic E-state index is 12.8. The van der Waals surface area contributed by atoms with Crippen molar-refractivity contribution in [3.63, 3.8) is 0 Å². The van der Waals surface area contributed by atoms with Crippen LogP contribution in [-0.2, 0) is 0 Å². The molecule has 1 aromatic carbocycles. The van der Waals surface area contributed by atoms with Crippen LogP contribution in [0.15, 0.2) is 24.3 Å². The van der Waals surface area contributed by atoms with Gasteiger partial charge in [-0.05, 0) is 49.6 Å². The first kappa shape index (κ1) is 12.9.